The third kappa shape index (κ3) is 5.64. The Morgan fingerprint density at radius 3 is 2.50 bits per heavy atom. The lowest BCUT2D eigenvalue weighted by atomic mass is 9.94. The molecule has 1 saturated heterocycles. The van der Waals surface area contributed by atoms with Crippen LogP contribution in [0.2, 0.25) is 0 Å². The van der Waals surface area contributed by atoms with E-state index >= 15 is 0 Å². The van der Waals surface area contributed by atoms with E-state index < -0.39 is 17.7 Å². The van der Waals surface area contributed by atoms with Crippen LogP contribution in [0, 0.1) is 0 Å². The van der Waals surface area contributed by atoms with E-state index in [4.69, 9.17) is 14.2 Å². The van der Waals surface area contributed by atoms with Gasteiger partial charge in [0, 0.05) is 24.5 Å². The lowest BCUT2D eigenvalue weighted by molar-refractivity contribution is -0.140. The number of ether oxygens (including phenoxy) is 3. The fourth-order valence-electron chi connectivity index (χ4n) is 4.43. The number of aromatic nitrogens is 1. The first-order valence-electron chi connectivity index (χ1n) is 12.7. The number of unbranched alkanes of at least 4 members (excludes halogenated alkanes) is 1. The second-order valence-electron chi connectivity index (χ2n) is 8.86. The highest BCUT2D eigenvalue weighted by molar-refractivity contribution is 6.46. The normalized spacial score (nSPS) is 16.5. The Balaban J connectivity index is 1.83. The molecule has 198 valence electrons. The van der Waals surface area contributed by atoms with E-state index in [1.165, 1.54) is 4.90 Å². The zero-order valence-corrected chi connectivity index (χ0v) is 21.8. The van der Waals surface area contributed by atoms with Crippen LogP contribution in [0.3, 0.4) is 0 Å². The summed E-state index contributed by atoms with van der Waals surface area (Å²) in [5.41, 5.74) is 1.80. The van der Waals surface area contributed by atoms with Gasteiger partial charge in [0.2, 0.25) is 0 Å². The molecule has 8 heteroatoms. The number of hydrogen-bond donors (Lipinski definition) is 1. The van der Waals surface area contributed by atoms with Crippen LogP contribution in [0.15, 0.2) is 72.6 Å². The summed E-state index contributed by atoms with van der Waals surface area (Å²) in [6.45, 7) is 5.10. The zero-order chi connectivity index (χ0) is 27.1. The molecule has 2 heterocycles. The second kappa shape index (κ2) is 12.3. The predicted octanol–water partition coefficient (Wildman–Crippen LogP) is 5.29. The highest BCUT2D eigenvalue weighted by atomic mass is 16.5. The molecule has 8 nitrogen and oxygen atoms in total. The maximum atomic E-state index is 13.4. The van der Waals surface area contributed by atoms with Crippen molar-refractivity contribution in [3.63, 3.8) is 0 Å². The minimum Gasteiger partial charge on any atom is -0.507 e. The number of nitrogens with zero attached hydrogens (tertiary/aromatic N) is 2. The number of ketones is 1. The summed E-state index contributed by atoms with van der Waals surface area (Å²) in [6.07, 6.45) is 5.16. The van der Waals surface area contributed by atoms with E-state index in [9.17, 15) is 14.7 Å². The van der Waals surface area contributed by atoms with E-state index in [2.05, 4.69) is 11.9 Å². The Hall–Kier alpha value is -4.33. The smallest absolute Gasteiger partial charge is 0.295 e. The van der Waals surface area contributed by atoms with Crippen molar-refractivity contribution in [3.05, 3.63) is 89.3 Å². The van der Waals surface area contributed by atoms with Gasteiger partial charge in [-0.2, -0.15) is 0 Å². The number of carbonyl (C=O) groups is 2. The molecule has 1 amide bonds. The number of aliphatic hydroxyl groups excluding tert-OH is 1. The first-order chi connectivity index (χ1) is 18.5. The van der Waals surface area contributed by atoms with Crippen molar-refractivity contribution in [1.82, 2.24) is 9.88 Å². The SMILES string of the molecule is CCCCOc1ccc(C2/C(=C(\O)c3cccc(OCC)c3)C(=O)C(=O)N2Cc2ccncc2)cc1OC. The van der Waals surface area contributed by atoms with Crippen molar-refractivity contribution in [2.24, 2.45) is 0 Å². The second-order valence-corrected chi connectivity index (χ2v) is 8.86. The van der Waals surface area contributed by atoms with Crippen molar-refractivity contribution in [2.75, 3.05) is 20.3 Å². The van der Waals surface area contributed by atoms with E-state index in [1.54, 1.807) is 74.1 Å². The summed E-state index contributed by atoms with van der Waals surface area (Å²) in [5.74, 6) is -0.127. The Kier molecular flexibility index (Phi) is 8.63. The van der Waals surface area contributed by atoms with Gasteiger partial charge in [0.1, 0.15) is 11.5 Å². The highest BCUT2D eigenvalue weighted by Gasteiger charge is 2.46. The standard InChI is InChI=1S/C30H32N2O6/c1-4-6-16-38-24-11-10-21(18-25(24)36-3)27-26(28(33)22-8-7-9-23(17-22)37-5-2)29(34)30(35)32(27)19-20-12-14-31-15-13-20/h7-15,17-18,27,33H,4-6,16,19H2,1-3H3/b28-26+. The third-order valence-corrected chi connectivity index (χ3v) is 6.32. The topological polar surface area (TPSA) is 98.2 Å². The number of rotatable bonds is 11. The molecule has 0 aliphatic carbocycles. The van der Waals surface area contributed by atoms with Crippen LogP contribution in [-0.4, -0.2) is 47.0 Å². The molecule has 0 saturated carbocycles. The molecule has 1 unspecified atom stereocenters. The van der Waals surface area contributed by atoms with Gasteiger partial charge in [-0.05, 0) is 60.9 Å². The van der Waals surface area contributed by atoms with Gasteiger partial charge in [-0.15, -0.1) is 0 Å². The van der Waals surface area contributed by atoms with Gasteiger partial charge in [-0.1, -0.05) is 31.5 Å². The lowest BCUT2D eigenvalue weighted by Crippen LogP contribution is -2.29. The molecule has 0 bridgehead atoms. The van der Waals surface area contributed by atoms with Gasteiger partial charge in [0.05, 0.1) is 31.9 Å². The van der Waals surface area contributed by atoms with Crippen molar-refractivity contribution < 1.29 is 28.9 Å². The van der Waals surface area contributed by atoms with E-state index in [0.29, 0.717) is 41.6 Å². The first-order valence-corrected chi connectivity index (χ1v) is 12.7. The fourth-order valence-corrected chi connectivity index (χ4v) is 4.43. The Labute approximate surface area is 222 Å². The minimum absolute atomic E-state index is 0.000547. The summed E-state index contributed by atoms with van der Waals surface area (Å²) >= 11 is 0. The molecular formula is C30H32N2O6. The summed E-state index contributed by atoms with van der Waals surface area (Å²) < 4.78 is 17.0. The maximum absolute atomic E-state index is 13.4. The lowest BCUT2D eigenvalue weighted by Gasteiger charge is -2.26. The molecule has 1 N–H and O–H groups in total. The predicted molar refractivity (Wildman–Crippen MR) is 143 cm³/mol. The van der Waals surface area contributed by atoms with Crippen LogP contribution in [0.4, 0.5) is 0 Å². The third-order valence-electron chi connectivity index (χ3n) is 6.32. The number of methoxy groups -OCH3 is 1. The molecular weight excluding hydrogens is 484 g/mol. The molecule has 2 aromatic carbocycles. The van der Waals surface area contributed by atoms with Crippen LogP contribution in [-0.2, 0) is 16.1 Å². The Bertz CT molecular complexity index is 1320. The average molecular weight is 517 g/mol. The molecule has 38 heavy (non-hydrogen) atoms. The molecule has 1 aliphatic rings. The number of likely N-dealkylation sites (tertiary alicyclic amines) is 1. The Morgan fingerprint density at radius 1 is 1.00 bits per heavy atom. The van der Waals surface area contributed by atoms with Crippen molar-refractivity contribution in [2.45, 2.75) is 39.3 Å². The fraction of sp³-hybridized carbons (Fsp3) is 0.300. The summed E-state index contributed by atoms with van der Waals surface area (Å²) in [6, 6.07) is 14.9. The van der Waals surface area contributed by atoms with Gasteiger partial charge in [0.15, 0.2) is 11.5 Å². The van der Waals surface area contributed by atoms with Gasteiger partial charge in [-0.25, -0.2) is 0 Å². The molecule has 0 radical (unpaired) electrons. The highest BCUT2D eigenvalue weighted by Crippen LogP contribution is 2.43. The summed E-state index contributed by atoms with van der Waals surface area (Å²) in [4.78, 5) is 32.2. The molecule has 1 aromatic heterocycles. The quantitative estimate of drug-likeness (QED) is 0.160. The number of carbonyl (C=O) groups excluding carboxylic acids is 2. The number of pyridine rings is 1. The maximum Gasteiger partial charge on any atom is 0.295 e. The summed E-state index contributed by atoms with van der Waals surface area (Å²) in [7, 11) is 1.54. The van der Waals surface area contributed by atoms with Crippen LogP contribution >= 0.6 is 0 Å². The molecule has 1 fully saturated rings. The monoisotopic (exact) mass is 516 g/mol. The Morgan fingerprint density at radius 2 is 1.79 bits per heavy atom. The molecule has 4 rings (SSSR count). The minimum atomic E-state index is -0.850. The van der Waals surface area contributed by atoms with Crippen LogP contribution < -0.4 is 14.2 Å². The van der Waals surface area contributed by atoms with E-state index in [1.807, 2.05) is 6.92 Å². The van der Waals surface area contributed by atoms with Gasteiger partial charge in [0.25, 0.3) is 11.7 Å². The van der Waals surface area contributed by atoms with Gasteiger partial charge in [-0.3, -0.25) is 14.6 Å². The molecule has 3 aromatic rings. The van der Waals surface area contributed by atoms with Crippen molar-refractivity contribution >= 4 is 17.4 Å². The average Bonchev–Trinajstić information content (AvgIpc) is 3.18. The van der Waals surface area contributed by atoms with Crippen LogP contribution in [0.1, 0.15) is 49.4 Å². The number of benzene rings is 2. The van der Waals surface area contributed by atoms with Gasteiger partial charge < -0.3 is 24.2 Å². The van der Waals surface area contributed by atoms with Crippen molar-refractivity contribution in [1.29, 1.82) is 0 Å². The number of amides is 1. The van der Waals surface area contributed by atoms with Crippen LogP contribution in [0.5, 0.6) is 17.2 Å². The molecule has 0 spiro atoms. The van der Waals surface area contributed by atoms with E-state index in [0.717, 1.165) is 18.4 Å². The first kappa shape index (κ1) is 26.7. The molecule has 1 aliphatic heterocycles. The molecule has 1 atom stereocenters. The number of Topliss-reactive ketones (excluding diaryl/α,β-unsaturated/α-hetero) is 1. The van der Waals surface area contributed by atoms with Crippen LogP contribution in [0.25, 0.3) is 5.76 Å². The number of aliphatic hydroxyl groups is 1. The summed E-state index contributed by atoms with van der Waals surface area (Å²) in [5, 5.41) is 11.4. The van der Waals surface area contributed by atoms with Gasteiger partial charge >= 0.3 is 0 Å². The number of hydrogen-bond acceptors (Lipinski definition) is 7. The van der Waals surface area contributed by atoms with Crippen molar-refractivity contribution in [3.8, 4) is 17.2 Å². The van der Waals surface area contributed by atoms with E-state index in [-0.39, 0.29) is 17.9 Å². The largest absolute Gasteiger partial charge is 0.507 e. The zero-order valence-electron chi connectivity index (χ0n) is 21.8.